The van der Waals surface area contributed by atoms with Crippen molar-refractivity contribution in [2.24, 2.45) is 4.99 Å². The molecule has 0 saturated carbocycles. The molecule has 0 aliphatic heterocycles. The Balaban J connectivity index is 0.00000324. The van der Waals surface area contributed by atoms with Gasteiger partial charge in [0.15, 0.2) is 5.96 Å². The number of hydrogen-bond donors (Lipinski definition) is 2. The summed E-state index contributed by atoms with van der Waals surface area (Å²) in [6, 6.07) is 10.6. The highest BCUT2D eigenvalue weighted by molar-refractivity contribution is 14.0. The van der Waals surface area contributed by atoms with Crippen LogP contribution in [0.4, 0.5) is 0 Å². The largest absolute Gasteiger partial charge is 0.356 e. The third-order valence-corrected chi connectivity index (χ3v) is 2.82. The second-order valence-corrected chi connectivity index (χ2v) is 4.37. The fourth-order valence-electron chi connectivity index (χ4n) is 1.75. The number of guanidine groups is 1. The van der Waals surface area contributed by atoms with Crippen LogP contribution in [0.1, 0.15) is 31.7 Å². The fourth-order valence-corrected chi connectivity index (χ4v) is 1.75. The lowest BCUT2D eigenvalue weighted by molar-refractivity contribution is 0.710. The number of rotatable bonds is 7. The zero-order valence-corrected chi connectivity index (χ0v) is 14.3. The number of benzene rings is 1. The van der Waals surface area contributed by atoms with Gasteiger partial charge in [0, 0.05) is 20.1 Å². The van der Waals surface area contributed by atoms with Crippen LogP contribution in [0.5, 0.6) is 0 Å². The van der Waals surface area contributed by atoms with Gasteiger partial charge in [0.2, 0.25) is 0 Å². The molecule has 0 radical (unpaired) electrons. The van der Waals surface area contributed by atoms with Crippen LogP contribution >= 0.6 is 24.0 Å². The van der Waals surface area contributed by atoms with Crippen molar-refractivity contribution in [1.82, 2.24) is 10.6 Å². The van der Waals surface area contributed by atoms with Crippen molar-refractivity contribution in [3.63, 3.8) is 0 Å². The summed E-state index contributed by atoms with van der Waals surface area (Å²) in [4.78, 5) is 4.20. The van der Waals surface area contributed by atoms with Gasteiger partial charge in [0.1, 0.15) is 0 Å². The predicted molar refractivity (Wildman–Crippen MR) is 94.5 cm³/mol. The predicted octanol–water partition coefficient (Wildman–Crippen LogP) is 3.20. The second-order valence-electron chi connectivity index (χ2n) is 4.37. The van der Waals surface area contributed by atoms with E-state index in [1.807, 2.05) is 7.05 Å². The molecule has 19 heavy (non-hydrogen) atoms. The average molecular weight is 375 g/mol. The molecule has 0 atom stereocenters. The van der Waals surface area contributed by atoms with Gasteiger partial charge in [0.05, 0.1) is 0 Å². The van der Waals surface area contributed by atoms with Crippen LogP contribution in [0.25, 0.3) is 0 Å². The molecule has 2 N–H and O–H groups in total. The smallest absolute Gasteiger partial charge is 0.190 e. The van der Waals surface area contributed by atoms with Crippen LogP contribution in [0.3, 0.4) is 0 Å². The van der Waals surface area contributed by atoms with Gasteiger partial charge in [-0.3, -0.25) is 4.99 Å². The molecule has 0 fully saturated rings. The van der Waals surface area contributed by atoms with Gasteiger partial charge >= 0.3 is 0 Å². The maximum atomic E-state index is 4.20. The molecule has 0 bridgehead atoms. The molecule has 1 rings (SSSR count). The normalized spacial score (nSPS) is 10.7. The summed E-state index contributed by atoms with van der Waals surface area (Å²) in [6.07, 6.45) is 4.63. The number of halogens is 1. The highest BCUT2D eigenvalue weighted by Crippen LogP contribution is 2.01. The summed E-state index contributed by atoms with van der Waals surface area (Å²) in [7, 11) is 1.82. The van der Waals surface area contributed by atoms with Gasteiger partial charge in [-0.05, 0) is 24.8 Å². The van der Waals surface area contributed by atoms with Crippen molar-refractivity contribution in [2.45, 2.75) is 32.6 Å². The lowest BCUT2D eigenvalue weighted by atomic mass is 10.1. The molecule has 0 unspecified atom stereocenters. The molecular weight excluding hydrogens is 349 g/mol. The first kappa shape index (κ1) is 18.2. The Morgan fingerprint density at radius 2 is 1.68 bits per heavy atom. The van der Waals surface area contributed by atoms with Gasteiger partial charge in [-0.15, -0.1) is 24.0 Å². The van der Waals surface area contributed by atoms with Crippen LogP contribution in [0.15, 0.2) is 35.3 Å². The first-order chi connectivity index (χ1) is 8.86. The lowest BCUT2D eigenvalue weighted by Crippen LogP contribution is -2.38. The number of nitrogens with zero attached hydrogens (tertiary/aromatic N) is 1. The Morgan fingerprint density at radius 3 is 2.26 bits per heavy atom. The monoisotopic (exact) mass is 375 g/mol. The van der Waals surface area contributed by atoms with Crippen molar-refractivity contribution in [3.8, 4) is 0 Å². The van der Waals surface area contributed by atoms with E-state index >= 15 is 0 Å². The lowest BCUT2D eigenvalue weighted by Gasteiger charge is -2.11. The van der Waals surface area contributed by atoms with E-state index in [1.54, 1.807) is 0 Å². The van der Waals surface area contributed by atoms with E-state index in [0.717, 1.165) is 31.9 Å². The summed E-state index contributed by atoms with van der Waals surface area (Å²) < 4.78 is 0. The van der Waals surface area contributed by atoms with Crippen molar-refractivity contribution < 1.29 is 0 Å². The molecule has 0 heterocycles. The Morgan fingerprint density at radius 1 is 1.05 bits per heavy atom. The highest BCUT2D eigenvalue weighted by Gasteiger charge is 1.96. The van der Waals surface area contributed by atoms with Crippen molar-refractivity contribution in [3.05, 3.63) is 35.9 Å². The van der Waals surface area contributed by atoms with E-state index in [2.05, 4.69) is 52.9 Å². The highest BCUT2D eigenvalue weighted by atomic mass is 127. The summed E-state index contributed by atoms with van der Waals surface area (Å²) >= 11 is 0. The Hall–Kier alpha value is -0.780. The zero-order valence-electron chi connectivity index (χ0n) is 12.0. The molecule has 0 aliphatic carbocycles. The van der Waals surface area contributed by atoms with Crippen LogP contribution in [0, 0.1) is 0 Å². The molecule has 1 aromatic carbocycles. The zero-order chi connectivity index (χ0) is 13.1. The van der Waals surface area contributed by atoms with Gasteiger partial charge in [-0.1, -0.05) is 43.7 Å². The average Bonchev–Trinajstić information content (AvgIpc) is 2.43. The van der Waals surface area contributed by atoms with E-state index in [9.17, 15) is 0 Å². The van der Waals surface area contributed by atoms with Crippen LogP contribution in [-0.2, 0) is 6.42 Å². The molecule has 0 aliphatic rings. The minimum Gasteiger partial charge on any atom is -0.356 e. The first-order valence-corrected chi connectivity index (χ1v) is 6.85. The third kappa shape index (κ3) is 8.86. The molecule has 3 nitrogen and oxygen atoms in total. The molecule has 0 spiro atoms. The SMILES string of the molecule is CCCCNC(=NC)NCCCc1ccccc1.I. The summed E-state index contributed by atoms with van der Waals surface area (Å²) in [5.41, 5.74) is 1.40. The standard InChI is InChI=1S/C15H25N3.HI/c1-3-4-12-17-15(16-2)18-13-8-11-14-9-6-5-7-10-14;/h5-7,9-10H,3-4,8,11-13H2,1-2H3,(H2,16,17,18);1H. The van der Waals surface area contributed by atoms with E-state index in [0.29, 0.717) is 0 Å². The van der Waals surface area contributed by atoms with Gasteiger partial charge in [-0.2, -0.15) is 0 Å². The third-order valence-electron chi connectivity index (χ3n) is 2.82. The molecular formula is C15H26IN3. The second kappa shape index (κ2) is 12.3. The molecule has 0 amide bonds. The number of nitrogens with one attached hydrogen (secondary N) is 2. The Labute approximate surface area is 134 Å². The summed E-state index contributed by atoms with van der Waals surface area (Å²) in [6.45, 7) is 4.15. The van der Waals surface area contributed by atoms with Gasteiger partial charge in [-0.25, -0.2) is 0 Å². The molecule has 1 aromatic rings. The first-order valence-electron chi connectivity index (χ1n) is 6.85. The fraction of sp³-hybridized carbons (Fsp3) is 0.533. The maximum absolute atomic E-state index is 4.20. The van der Waals surface area contributed by atoms with Crippen molar-refractivity contribution in [2.75, 3.05) is 20.1 Å². The van der Waals surface area contributed by atoms with Crippen LogP contribution < -0.4 is 10.6 Å². The van der Waals surface area contributed by atoms with Crippen molar-refractivity contribution in [1.29, 1.82) is 0 Å². The van der Waals surface area contributed by atoms with E-state index in [1.165, 1.54) is 18.4 Å². The summed E-state index contributed by atoms with van der Waals surface area (Å²) in [5, 5.41) is 6.65. The molecule has 0 aromatic heterocycles. The topological polar surface area (TPSA) is 36.4 Å². The van der Waals surface area contributed by atoms with E-state index < -0.39 is 0 Å². The van der Waals surface area contributed by atoms with Crippen LogP contribution in [-0.4, -0.2) is 26.1 Å². The van der Waals surface area contributed by atoms with E-state index in [-0.39, 0.29) is 24.0 Å². The number of hydrogen-bond acceptors (Lipinski definition) is 1. The van der Waals surface area contributed by atoms with E-state index in [4.69, 9.17) is 0 Å². The van der Waals surface area contributed by atoms with Gasteiger partial charge < -0.3 is 10.6 Å². The Kier molecular flexibility index (Phi) is 11.8. The summed E-state index contributed by atoms with van der Waals surface area (Å²) in [5.74, 6) is 0.913. The quantitative estimate of drug-likeness (QED) is 0.332. The minimum absolute atomic E-state index is 0. The molecule has 4 heteroatoms. The number of aryl methyl sites for hydroxylation is 1. The molecule has 108 valence electrons. The van der Waals surface area contributed by atoms with Gasteiger partial charge in [0.25, 0.3) is 0 Å². The minimum atomic E-state index is 0. The Bertz CT molecular complexity index is 339. The van der Waals surface area contributed by atoms with Crippen molar-refractivity contribution >= 4 is 29.9 Å². The van der Waals surface area contributed by atoms with Crippen LogP contribution in [0.2, 0.25) is 0 Å². The molecule has 0 saturated heterocycles. The number of aliphatic imine (C=N–C) groups is 1. The maximum Gasteiger partial charge on any atom is 0.190 e. The number of unbranched alkanes of at least 4 members (excludes halogenated alkanes) is 1.